The van der Waals surface area contributed by atoms with Crippen molar-refractivity contribution in [3.63, 3.8) is 0 Å². The van der Waals surface area contributed by atoms with E-state index in [4.69, 9.17) is 9.47 Å². The number of benzene rings is 2. The van der Waals surface area contributed by atoms with Crippen LogP contribution in [0.4, 0.5) is 10.5 Å². The molecule has 1 aliphatic rings. The zero-order chi connectivity index (χ0) is 19.6. The third-order valence-electron chi connectivity index (χ3n) is 3.95. The molecule has 3 rings (SSSR count). The van der Waals surface area contributed by atoms with E-state index in [1.165, 1.54) is 50.6 Å². The van der Waals surface area contributed by atoms with E-state index < -0.39 is 17.8 Å². The van der Waals surface area contributed by atoms with Crippen LogP contribution in [-0.2, 0) is 9.59 Å². The van der Waals surface area contributed by atoms with Crippen molar-refractivity contribution in [2.45, 2.75) is 0 Å². The van der Waals surface area contributed by atoms with Crippen LogP contribution in [-0.4, -0.2) is 37.2 Å². The highest BCUT2D eigenvalue weighted by Gasteiger charge is 2.36. The van der Waals surface area contributed by atoms with Gasteiger partial charge in [-0.15, -0.1) is 0 Å². The maximum atomic E-state index is 12.8. The lowest BCUT2D eigenvalue weighted by Gasteiger charge is -2.26. The Bertz CT molecular complexity index is 949. The molecule has 2 aromatic rings. The average molecular weight is 368 g/mol. The van der Waals surface area contributed by atoms with Crippen molar-refractivity contribution in [3.05, 3.63) is 53.6 Å². The van der Waals surface area contributed by atoms with Crippen molar-refractivity contribution >= 4 is 29.6 Å². The van der Waals surface area contributed by atoms with E-state index in [0.29, 0.717) is 17.0 Å². The first-order chi connectivity index (χ1) is 12.9. The Labute approximate surface area is 154 Å². The number of carbonyl (C=O) groups excluding carboxylic acids is 3. The summed E-state index contributed by atoms with van der Waals surface area (Å²) in [6.45, 7) is 0. The molecule has 0 bridgehead atoms. The third-order valence-corrected chi connectivity index (χ3v) is 3.95. The predicted octanol–water partition coefficient (Wildman–Crippen LogP) is 2.08. The molecule has 27 heavy (non-hydrogen) atoms. The Kier molecular flexibility index (Phi) is 4.80. The number of ether oxygens (including phenoxy) is 2. The van der Waals surface area contributed by atoms with Gasteiger partial charge in [0, 0.05) is 0 Å². The van der Waals surface area contributed by atoms with E-state index in [-0.39, 0.29) is 17.1 Å². The lowest BCUT2D eigenvalue weighted by atomic mass is 10.1. The maximum Gasteiger partial charge on any atom is 0.335 e. The van der Waals surface area contributed by atoms with Gasteiger partial charge in [0.15, 0.2) is 11.5 Å². The summed E-state index contributed by atoms with van der Waals surface area (Å²) >= 11 is 0. The molecule has 0 spiro atoms. The van der Waals surface area contributed by atoms with Gasteiger partial charge >= 0.3 is 6.03 Å². The van der Waals surface area contributed by atoms with Gasteiger partial charge in [-0.05, 0) is 48.0 Å². The Hall–Kier alpha value is -3.81. The topological polar surface area (TPSA) is 105 Å². The summed E-state index contributed by atoms with van der Waals surface area (Å²) in [5.74, 6) is -0.889. The maximum absolute atomic E-state index is 12.8. The Morgan fingerprint density at radius 1 is 1.00 bits per heavy atom. The number of barbiturate groups is 1. The summed E-state index contributed by atoms with van der Waals surface area (Å²) in [5.41, 5.74) is 0.519. The van der Waals surface area contributed by atoms with Crippen LogP contribution in [0.2, 0.25) is 0 Å². The number of imide groups is 2. The largest absolute Gasteiger partial charge is 0.504 e. The molecule has 1 fully saturated rings. The van der Waals surface area contributed by atoms with Crippen molar-refractivity contribution in [2.75, 3.05) is 19.1 Å². The Morgan fingerprint density at radius 3 is 2.33 bits per heavy atom. The van der Waals surface area contributed by atoms with Crippen molar-refractivity contribution in [1.29, 1.82) is 0 Å². The van der Waals surface area contributed by atoms with Crippen LogP contribution in [0.3, 0.4) is 0 Å². The SMILES string of the molecule is COc1ccc(N2C(=O)NC(=O)C(=Cc3ccc(O)c(OC)c3)C2=O)cc1. The number of carbonyl (C=O) groups is 3. The standard InChI is InChI=1S/C19H16N2O6/c1-26-13-6-4-12(5-7-13)21-18(24)14(17(23)20-19(21)25)9-11-3-8-15(22)16(10-11)27-2/h3-10,22H,1-2H3,(H,20,23,25). The van der Waals surface area contributed by atoms with Gasteiger partial charge in [-0.1, -0.05) is 6.07 Å². The third kappa shape index (κ3) is 3.45. The highest BCUT2D eigenvalue weighted by Crippen LogP contribution is 2.28. The van der Waals surface area contributed by atoms with Crippen molar-refractivity contribution in [1.82, 2.24) is 5.32 Å². The first-order valence-electron chi connectivity index (χ1n) is 7.87. The molecule has 8 nitrogen and oxygen atoms in total. The van der Waals surface area contributed by atoms with Crippen LogP contribution < -0.4 is 19.7 Å². The minimum absolute atomic E-state index is 0.0749. The lowest BCUT2D eigenvalue weighted by molar-refractivity contribution is -0.122. The summed E-state index contributed by atoms with van der Waals surface area (Å²) in [4.78, 5) is 38.0. The van der Waals surface area contributed by atoms with Gasteiger partial charge in [-0.25, -0.2) is 9.69 Å². The van der Waals surface area contributed by atoms with Gasteiger partial charge in [0.1, 0.15) is 11.3 Å². The second-order valence-electron chi connectivity index (χ2n) is 5.59. The van der Waals surface area contributed by atoms with Gasteiger partial charge in [0.2, 0.25) is 0 Å². The normalized spacial score (nSPS) is 15.7. The van der Waals surface area contributed by atoms with Gasteiger partial charge in [-0.2, -0.15) is 0 Å². The van der Waals surface area contributed by atoms with Gasteiger partial charge in [0.05, 0.1) is 19.9 Å². The second kappa shape index (κ2) is 7.20. The fourth-order valence-corrected chi connectivity index (χ4v) is 2.57. The lowest BCUT2D eigenvalue weighted by Crippen LogP contribution is -2.54. The molecule has 2 N–H and O–H groups in total. The molecule has 1 saturated heterocycles. The number of hydrogen-bond donors (Lipinski definition) is 2. The zero-order valence-corrected chi connectivity index (χ0v) is 14.6. The Morgan fingerprint density at radius 2 is 1.70 bits per heavy atom. The van der Waals surface area contributed by atoms with Crippen LogP contribution in [0.1, 0.15) is 5.56 Å². The molecule has 0 saturated carbocycles. The van der Waals surface area contributed by atoms with Gasteiger partial charge in [-0.3, -0.25) is 14.9 Å². The number of hydrogen-bond acceptors (Lipinski definition) is 6. The summed E-state index contributed by atoms with van der Waals surface area (Å²) in [6, 6.07) is 9.79. The van der Waals surface area contributed by atoms with Crippen LogP contribution in [0.25, 0.3) is 6.08 Å². The highest BCUT2D eigenvalue weighted by atomic mass is 16.5. The molecule has 2 aromatic carbocycles. The molecular formula is C19H16N2O6. The number of methoxy groups -OCH3 is 2. The average Bonchev–Trinajstić information content (AvgIpc) is 2.66. The summed E-state index contributed by atoms with van der Waals surface area (Å²) in [7, 11) is 2.88. The van der Waals surface area contributed by atoms with Crippen LogP contribution in [0.5, 0.6) is 17.2 Å². The fourth-order valence-electron chi connectivity index (χ4n) is 2.57. The number of nitrogens with one attached hydrogen (secondary N) is 1. The van der Waals surface area contributed by atoms with Crippen molar-refractivity contribution < 1.29 is 29.0 Å². The molecule has 1 heterocycles. The number of anilines is 1. The van der Waals surface area contributed by atoms with E-state index >= 15 is 0 Å². The molecule has 0 unspecified atom stereocenters. The first-order valence-corrected chi connectivity index (χ1v) is 7.87. The molecule has 0 atom stereocenters. The minimum atomic E-state index is -0.837. The molecule has 138 valence electrons. The summed E-state index contributed by atoms with van der Waals surface area (Å²) < 4.78 is 10.1. The van der Waals surface area contributed by atoms with E-state index in [0.717, 1.165) is 4.90 Å². The smallest absolute Gasteiger partial charge is 0.335 e. The van der Waals surface area contributed by atoms with E-state index in [1.54, 1.807) is 12.1 Å². The minimum Gasteiger partial charge on any atom is -0.504 e. The number of aromatic hydroxyl groups is 1. The summed E-state index contributed by atoms with van der Waals surface area (Å²) in [5, 5.41) is 11.8. The number of phenolic OH excluding ortho intramolecular Hbond substituents is 1. The van der Waals surface area contributed by atoms with E-state index in [2.05, 4.69) is 5.32 Å². The quantitative estimate of drug-likeness (QED) is 0.632. The van der Waals surface area contributed by atoms with Crippen LogP contribution in [0.15, 0.2) is 48.0 Å². The molecular weight excluding hydrogens is 352 g/mol. The predicted molar refractivity (Wildman–Crippen MR) is 96.7 cm³/mol. The molecule has 0 radical (unpaired) electrons. The monoisotopic (exact) mass is 368 g/mol. The number of phenols is 1. The first kappa shape index (κ1) is 18.0. The van der Waals surface area contributed by atoms with Crippen LogP contribution in [0, 0.1) is 0 Å². The molecule has 8 heteroatoms. The van der Waals surface area contributed by atoms with E-state index in [9.17, 15) is 19.5 Å². The van der Waals surface area contributed by atoms with Crippen molar-refractivity contribution in [3.8, 4) is 17.2 Å². The number of rotatable bonds is 4. The molecule has 4 amide bonds. The number of urea groups is 1. The second-order valence-corrected chi connectivity index (χ2v) is 5.59. The number of nitrogens with zero attached hydrogens (tertiary/aromatic N) is 1. The summed E-state index contributed by atoms with van der Waals surface area (Å²) in [6.07, 6.45) is 1.32. The van der Waals surface area contributed by atoms with Gasteiger partial charge < -0.3 is 14.6 Å². The molecule has 0 aliphatic carbocycles. The van der Waals surface area contributed by atoms with E-state index in [1.807, 2.05) is 0 Å². The number of amides is 4. The van der Waals surface area contributed by atoms with Crippen LogP contribution >= 0.6 is 0 Å². The zero-order valence-electron chi connectivity index (χ0n) is 14.6. The van der Waals surface area contributed by atoms with Gasteiger partial charge in [0.25, 0.3) is 11.8 Å². The molecule has 1 aliphatic heterocycles. The Balaban J connectivity index is 1.99. The molecule has 0 aromatic heterocycles. The van der Waals surface area contributed by atoms with Crippen molar-refractivity contribution in [2.24, 2.45) is 0 Å². The fraction of sp³-hybridized carbons (Fsp3) is 0.105. The highest BCUT2D eigenvalue weighted by molar-refractivity contribution is 6.39.